The van der Waals surface area contributed by atoms with E-state index in [9.17, 15) is 4.79 Å². The number of carbonyl (C=O) groups excluding carboxylic acids is 1. The Bertz CT molecular complexity index is 378. The monoisotopic (exact) mass is 250 g/mol. The van der Waals surface area contributed by atoms with Gasteiger partial charge in [0.05, 0.1) is 7.11 Å². The Kier molecular flexibility index (Phi) is 6.22. The van der Waals surface area contributed by atoms with Crippen LogP contribution < -0.4 is 10.1 Å². The maximum atomic E-state index is 11.4. The van der Waals surface area contributed by atoms with Gasteiger partial charge in [-0.2, -0.15) is 0 Å². The molecule has 0 aliphatic carbocycles. The van der Waals surface area contributed by atoms with Crippen LogP contribution in [0.25, 0.3) is 0 Å². The number of hydrogen-bond donors (Lipinski definition) is 1. The standard InChI is InChI=1S/C14H22N2O2/c1-16(2)14(17)9-6-10-15-11-12-7-4-5-8-13(12)18-3/h4-5,7-8,15H,6,9-11H2,1-3H3. The zero-order chi connectivity index (χ0) is 13.4. The van der Waals surface area contributed by atoms with Crippen LogP contribution in [0.5, 0.6) is 5.75 Å². The number of nitrogens with one attached hydrogen (secondary N) is 1. The van der Waals surface area contributed by atoms with E-state index in [0.717, 1.165) is 30.8 Å². The molecule has 0 spiro atoms. The molecular formula is C14H22N2O2. The third-order valence-corrected chi connectivity index (χ3v) is 2.75. The van der Waals surface area contributed by atoms with Crippen LogP contribution >= 0.6 is 0 Å². The molecule has 1 rings (SSSR count). The summed E-state index contributed by atoms with van der Waals surface area (Å²) in [5.74, 6) is 1.07. The summed E-state index contributed by atoms with van der Waals surface area (Å²) in [4.78, 5) is 13.0. The second kappa shape index (κ2) is 7.71. The molecule has 0 saturated carbocycles. The lowest BCUT2D eigenvalue weighted by molar-refractivity contribution is -0.128. The summed E-state index contributed by atoms with van der Waals surface area (Å²) in [5, 5.41) is 3.32. The molecule has 1 aromatic carbocycles. The van der Waals surface area contributed by atoms with Gasteiger partial charge < -0.3 is 15.0 Å². The Morgan fingerprint density at radius 1 is 1.33 bits per heavy atom. The highest BCUT2D eigenvalue weighted by Crippen LogP contribution is 2.16. The highest BCUT2D eigenvalue weighted by atomic mass is 16.5. The van der Waals surface area contributed by atoms with Gasteiger partial charge >= 0.3 is 0 Å². The second-order valence-electron chi connectivity index (χ2n) is 4.38. The van der Waals surface area contributed by atoms with Gasteiger partial charge in [0, 0.05) is 32.6 Å². The maximum Gasteiger partial charge on any atom is 0.222 e. The predicted octanol–water partition coefficient (Wildman–Crippen LogP) is 1.65. The van der Waals surface area contributed by atoms with Crippen LogP contribution in [0.3, 0.4) is 0 Å². The number of para-hydroxylation sites is 1. The summed E-state index contributed by atoms with van der Waals surface area (Å²) >= 11 is 0. The molecule has 0 aliphatic heterocycles. The first-order valence-corrected chi connectivity index (χ1v) is 6.18. The molecular weight excluding hydrogens is 228 g/mol. The van der Waals surface area contributed by atoms with Crippen molar-refractivity contribution in [2.45, 2.75) is 19.4 Å². The number of carbonyl (C=O) groups is 1. The minimum Gasteiger partial charge on any atom is -0.496 e. The summed E-state index contributed by atoms with van der Waals surface area (Å²) in [6.07, 6.45) is 1.44. The Hall–Kier alpha value is -1.55. The van der Waals surface area contributed by atoms with E-state index in [4.69, 9.17) is 4.74 Å². The minimum atomic E-state index is 0.175. The fourth-order valence-electron chi connectivity index (χ4n) is 1.66. The molecule has 0 fully saturated rings. The number of ether oxygens (including phenoxy) is 1. The number of methoxy groups -OCH3 is 1. The van der Waals surface area contributed by atoms with Crippen LogP contribution in [0.1, 0.15) is 18.4 Å². The molecule has 0 saturated heterocycles. The molecule has 100 valence electrons. The van der Waals surface area contributed by atoms with Crippen molar-refractivity contribution in [3.63, 3.8) is 0 Å². The van der Waals surface area contributed by atoms with Crippen molar-refractivity contribution >= 4 is 5.91 Å². The van der Waals surface area contributed by atoms with E-state index >= 15 is 0 Å². The normalized spacial score (nSPS) is 10.2. The van der Waals surface area contributed by atoms with Gasteiger partial charge in [0.25, 0.3) is 0 Å². The lowest BCUT2D eigenvalue weighted by Crippen LogP contribution is -2.23. The number of rotatable bonds is 7. The van der Waals surface area contributed by atoms with E-state index in [0.29, 0.717) is 6.42 Å². The Balaban J connectivity index is 2.24. The SMILES string of the molecule is COc1ccccc1CNCCCC(=O)N(C)C. The third-order valence-electron chi connectivity index (χ3n) is 2.75. The average Bonchev–Trinajstić information content (AvgIpc) is 2.38. The topological polar surface area (TPSA) is 41.6 Å². The molecule has 4 heteroatoms. The van der Waals surface area contributed by atoms with Gasteiger partial charge in [-0.3, -0.25) is 4.79 Å². The van der Waals surface area contributed by atoms with Gasteiger partial charge in [-0.15, -0.1) is 0 Å². The zero-order valence-electron chi connectivity index (χ0n) is 11.4. The van der Waals surface area contributed by atoms with E-state index in [1.165, 1.54) is 0 Å². The van der Waals surface area contributed by atoms with Crippen LogP contribution in [-0.4, -0.2) is 38.6 Å². The minimum absolute atomic E-state index is 0.175. The number of amides is 1. The molecule has 1 aromatic rings. The van der Waals surface area contributed by atoms with E-state index in [1.54, 1.807) is 26.1 Å². The first-order chi connectivity index (χ1) is 8.65. The van der Waals surface area contributed by atoms with Crippen LogP contribution in [0.2, 0.25) is 0 Å². The molecule has 0 unspecified atom stereocenters. The van der Waals surface area contributed by atoms with Gasteiger partial charge in [0.15, 0.2) is 0 Å². The fraction of sp³-hybridized carbons (Fsp3) is 0.500. The average molecular weight is 250 g/mol. The molecule has 18 heavy (non-hydrogen) atoms. The first-order valence-electron chi connectivity index (χ1n) is 6.18. The van der Waals surface area contributed by atoms with Crippen molar-refractivity contribution in [3.05, 3.63) is 29.8 Å². The van der Waals surface area contributed by atoms with Gasteiger partial charge in [0.1, 0.15) is 5.75 Å². The van der Waals surface area contributed by atoms with Gasteiger partial charge in [0.2, 0.25) is 5.91 Å². The molecule has 0 aromatic heterocycles. The lowest BCUT2D eigenvalue weighted by Gasteiger charge is -2.11. The zero-order valence-corrected chi connectivity index (χ0v) is 11.4. The molecule has 1 N–H and O–H groups in total. The van der Waals surface area contributed by atoms with Gasteiger partial charge in [-0.1, -0.05) is 18.2 Å². The van der Waals surface area contributed by atoms with Crippen molar-refractivity contribution in [2.24, 2.45) is 0 Å². The summed E-state index contributed by atoms with van der Waals surface area (Å²) in [6.45, 7) is 1.60. The third kappa shape index (κ3) is 4.75. The van der Waals surface area contributed by atoms with E-state index in [1.807, 2.05) is 24.3 Å². The molecule has 4 nitrogen and oxygen atoms in total. The van der Waals surface area contributed by atoms with Crippen LogP contribution in [0, 0.1) is 0 Å². The molecule has 0 atom stereocenters. The van der Waals surface area contributed by atoms with Crippen molar-refractivity contribution in [2.75, 3.05) is 27.7 Å². The molecule has 0 aliphatic rings. The number of benzene rings is 1. The summed E-state index contributed by atoms with van der Waals surface area (Å²) in [6, 6.07) is 7.94. The van der Waals surface area contributed by atoms with Crippen LogP contribution in [-0.2, 0) is 11.3 Å². The Labute approximate surface area is 109 Å². The van der Waals surface area contributed by atoms with E-state index in [2.05, 4.69) is 5.32 Å². The second-order valence-corrected chi connectivity index (χ2v) is 4.38. The summed E-state index contributed by atoms with van der Waals surface area (Å²) in [5.41, 5.74) is 1.14. The van der Waals surface area contributed by atoms with Crippen molar-refractivity contribution in [3.8, 4) is 5.75 Å². The quantitative estimate of drug-likeness (QED) is 0.748. The van der Waals surface area contributed by atoms with Gasteiger partial charge in [-0.05, 0) is 19.0 Å². The first kappa shape index (κ1) is 14.5. The fourth-order valence-corrected chi connectivity index (χ4v) is 1.66. The van der Waals surface area contributed by atoms with Crippen molar-refractivity contribution < 1.29 is 9.53 Å². The number of nitrogens with zero attached hydrogens (tertiary/aromatic N) is 1. The highest BCUT2D eigenvalue weighted by Gasteiger charge is 2.03. The molecule has 0 heterocycles. The largest absolute Gasteiger partial charge is 0.496 e. The molecule has 0 bridgehead atoms. The van der Waals surface area contributed by atoms with E-state index < -0.39 is 0 Å². The summed E-state index contributed by atoms with van der Waals surface area (Å²) < 4.78 is 5.27. The van der Waals surface area contributed by atoms with Gasteiger partial charge in [-0.25, -0.2) is 0 Å². The molecule has 0 radical (unpaired) electrons. The smallest absolute Gasteiger partial charge is 0.222 e. The Morgan fingerprint density at radius 2 is 2.06 bits per heavy atom. The maximum absolute atomic E-state index is 11.4. The highest BCUT2D eigenvalue weighted by molar-refractivity contribution is 5.75. The van der Waals surface area contributed by atoms with Crippen LogP contribution in [0.4, 0.5) is 0 Å². The predicted molar refractivity (Wildman–Crippen MR) is 72.6 cm³/mol. The Morgan fingerprint density at radius 3 is 2.72 bits per heavy atom. The van der Waals surface area contributed by atoms with Crippen molar-refractivity contribution in [1.82, 2.24) is 10.2 Å². The summed E-state index contributed by atoms with van der Waals surface area (Å²) in [7, 11) is 5.24. The lowest BCUT2D eigenvalue weighted by atomic mass is 10.2. The molecule has 1 amide bonds. The van der Waals surface area contributed by atoms with Crippen LogP contribution in [0.15, 0.2) is 24.3 Å². The number of hydrogen-bond acceptors (Lipinski definition) is 3. The van der Waals surface area contributed by atoms with E-state index in [-0.39, 0.29) is 5.91 Å². The van der Waals surface area contributed by atoms with Crippen molar-refractivity contribution in [1.29, 1.82) is 0 Å².